The van der Waals surface area contributed by atoms with Crippen molar-refractivity contribution >= 4 is 5.96 Å². The number of likely N-dealkylation sites (N-methyl/N-ethyl adjacent to an activating group) is 1. The van der Waals surface area contributed by atoms with Crippen molar-refractivity contribution in [2.45, 2.75) is 52.1 Å². The highest BCUT2D eigenvalue weighted by molar-refractivity contribution is 5.79. The summed E-state index contributed by atoms with van der Waals surface area (Å²) in [6.07, 6.45) is 3.49. The number of rotatable bonds is 8. The van der Waals surface area contributed by atoms with E-state index in [0.717, 1.165) is 43.6 Å². The van der Waals surface area contributed by atoms with E-state index in [1.165, 1.54) is 24.5 Å². The molecule has 0 bridgehead atoms. The molecule has 0 amide bonds. The van der Waals surface area contributed by atoms with Crippen molar-refractivity contribution in [1.82, 2.24) is 15.5 Å². The third-order valence-electron chi connectivity index (χ3n) is 4.67. The van der Waals surface area contributed by atoms with E-state index in [2.05, 4.69) is 36.4 Å². The molecule has 0 heterocycles. The van der Waals surface area contributed by atoms with Gasteiger partial charge in [-0.15, -0.1) is 0 Å². The zero-order chi connectivity index (χ0) is 17.5. The maximum absolute atomic E-state index is 13.2. The van der Waals surface area contributed by atoms with Gasteiger partial charge in [-0.25, -0.2) is 4.39 Å². The lowest BCUT2D eigenvalue weighted by Gasteiger charge is -2.23. The molecule has 0 aliphatic heterocycles. The van der Waals surface area contributed by atoms with Crippen LogP contribution in [0.2, 0.25) is 0 Å². The fourth-order valence-corrected chi connectivity index (χ4v) is 2.79. The van der Waals surface area contributed by atoms with E-state index >= 15 is 0 Å². The number of nitrogens with zero attached hydrogens (tertiary/aromatic N) is 2. The molecule has 1 aromatic rings. The highest BCUT2D eigenvalue weighted by atomic mass is 19.1. The number of benzene rings is 1. The average molecular weight is 334 g/mol. The monoisotopic (exact) mass is 334 g/mol. The molecule has 24 heavy (non-hydrogen) atoms. The van der Waals surface area contributed by atoms with Gasteiger partial charge in [-0.3, -0.25) is 9.89 Å². The predicted molar refractivity (Wildman–Crippen MR) is 99.1 cm³/mol. The van der Waals surface area contributed by atoms with Gasteiger partial charge in [0.2, 0.25) is 0 Å². The van der Waals surface area contributed by atoms with Crippen LogP contribution >= 0.6 is 0 Å². The van der Waals surface area contributed by atoms with Crippen molar-refractivity contribution in [2.75, 3.05) is 26.7 Å². The lowest BCUT2D eigenvalue weighted by molar-refractivity contribution is 0.253. The van der Waals surface area contributed by atoms with Gasteiger partial charge in [0, 0.05) is 25.2 Å². The van der Waals surface area contributed by atoms with Crippen LogP contribution in [0, 0.1) is 12.7 Å². The predicted octanol–water partition coefficient (Wildman–Crippen LogP) is 2.71. The normalized spacial score (nSPS) is 16.3. The Kier molecular flexibility index (Phi) is 7.03. The summed E-state index contributed by atoms with van der Waals surface area (Å²) >= 11 is 0. The first-order chi connectivity index (χ1) is 11.5. The van der Waals surface area contributed by atoms with Crippen LogP contribution in [0.4, 0.5) is 4.39 Å². The molecule has 0 radical (unpaired) electrons. The van der Waals surface area contributed by atoms with Crippen LogP contribution in [0.3, 0.4) is 0 Å². The maximum Gasteiger partial charge on any atom is 0.191 e. The van der Waals surface area contributed by atoms with E-state index in [9.17, 15) is 4.39 Å². The topological polar surface area (TPSA) is 39.7 Å². The Morgan fingerprint density at radius 3 is 2.75 bits per heavy atom. The second-order valence-electron chi connectivity index (χ2n) is 6.71. The summed E-state index contributed by atoms with van der Waals surface area (Å²) in [5, 5.41) is 6.67. The van der Waals surface area contributed by atoms with Gasteiger partial charge in [0.1, 0.15) is 5.82 Å². The third kappa shape index (κ3) is 5.78. The summed E-state index contributed by atoms with van der Waals surface area (Å²) in [5.74, 6) is 0.682. The van der Waals surface area contributed by atoms with E-state index in [4.69, 9.17) is 4.99 Å². The highest BCUT2D eigenvalue weighted by Crippen LogP contribution is 2.26. The van der Waals surface area contributed by atoms with Crippen LogP contribution < -0.4 is 10.6 Å². The molecular formula is C19H31FN4. The van der Waals surface area contributed by atoms with Gasteiger partial charge in [0.15, 0.2) is 5.96 Å². The van der Waals surface area contributed by atoms with Gasteiger partial charge in [-0.1, -0.05) is 6.07 Å². The Morgan fingerprint density at radius 1 is 1.38 bits per heavy atom. The Labute approximate surface area is 145 Å². The minimum Gasteiger partial charge on any atom is -0.357 e. The first kappa shape index (κ1) is 18.7. The standard InChI is InChI=1S/C19H31FN4/c1-5-21-19(23-13-15(3)24(4)18-8-9-18)22-11-10-16-6-7-17(20)12-14(16)2/h6-7,12,15,18H,5,8-11,13H2,1-4H3,(H2,21,22,23). The largest absolute Gasteiger partial charge is 0.357 e. The molecule has 1 aliphatic rings. The minimum absolute atomic E-state index is 0.173. The summed E-state index contributed by atoms with van der Waals surface area (Å²) < 4.78 is 13.2. The van der Waals surface area contributed by atoms with Crippen LogP contribution in [0.15, 0.2) is 23.2 Å². The van der Waals surface area contributed by atoms with Crippen molar-refractivity contribution in [2.24, 2.45) is 4.99 Å². The second-order valence-corrected chi connectivity index (χ2v) is 6.71. The molecule has 0 spiro atoms. The van der Waals surface area contributed by atoms with Gasteiger partial charge < -0.3 is 10.6 Å². The summed E-state index contributed by atoms with van der Waals surface area (Å²) in [4.78, 5) is 7.13. The number of guanidine groups is 1. The van der Waals surface area contributed by atoms with Gasteiger partial charge in [0.25, 0.3) is 0 Å². The first-order valence-electron chi connectivity index (χ1n) is 9.00. The Balaban J connectivity index is 1.82. The molecule has 1 fully saturated rings. The molecule has 5 heteroatoms. The lowest BCUT2D eigenvalue weighted by Crippen LogP contribution is -2.40. The Hall–Kier alpha value is -1.62. The quantitative estimate of drug-likeness (QED) is 0.567. The number of hydrogen-bond acceptors (Lipinski definition) is 2. The number of nitrogens with one attached hydrogen (secondary N) is 2. The number of halogens is 1. The highest BCUT2D eigenvalue weighted by Gasteiger charge is 2.28. The van der Waals surface area contributed by atoms with Crippen LogP contribution in [0.1, 0.15) is 37.8 Å². The van der Waals surface area contributed by atoms with Crippen molar-refractivity contribution < 1.29 is 4.39 Å². The molecule has 4 nitrogen and oxygen atoms in total. The molecule has 2 rings (SSSR count). The summed E-state index contributed by atoms with van der Waals surface area (Å²) in [6, 6.07) is 6.18. The van der Waals surface area contributed by atoms with Crippen molar-refractivity contribution in [3.8, 4) is 0 Å². The smallest absolute Gasteiger partial charge is 0.191 e. The van der Waals surface area contributed by atoms with E-state index in [0.29, 0.717) is 6.04 Å². The summed E-state index contributed by atoms with van der Waals surface area (Å²) in [5.41, 5.74) is 2.17. The second kappa shape index (κ2) is 9.02. The molecule has 1 aliphatic carbocycles. The van der Waals surface area contributed by atoms with E-state index in [1.54, 1.807) is 6.07 Å². The Bertz CT molecular complexity index is 554. The third-order valence-corrected chi connectivity index (χ3v) is 4.67. The minimum atomic E-state index is -0.173. The molecule has 1 saturated carbocycles. The van der Waals surface area contributed by atoms with Crippen molar-refractivity contribution in [3.05, 3.63) is 35.1 Å². The zero-order valence-corrected chi connectivity index (χ0v) is 15.4. The van der Waals surface area contributed by atoms with Crippen LogP contribution in [0.25, 0.3) is 0 Å². The first-order valence-corrected chi connectivity index (χ1v) is 9.00. The van der Waals surface area contributed by atoms with Gasteiger partial charge >= 0.3 is 0 Å². The fourth-order valence-electron chi connectivity index (χ4n) is 2.79. The Morgan fingerprint density at radius 2 is 2.12 bits per heavy atom. The number of aliphatic imine (C=N–C) groups is 1. The van der Waals surface area contributed by atoms with Crippen LogP contribution in [0.5, 0.6) is 0 Å². The van der Waals surface area contributed by atoms with Gasteiger partial charge in [-0.05, 0) is 70.3 Å². The number of hydrogen-bond donors (Lipinski definition) is 2. The molecule has 1 unspecified atom stereocenters. The lowest BCUT2D eigenvalue weighted by atomic mass is 10.1. The molecule has 2 N–H and O–H groups in total. The van der Waals surface area contributed by atoms with Gasteiger partial charge in [0.05, 0.1) is 6.54 Å². The van der Waals surface area contributed by atoms with E-state index in [1.807, 2.05) is 13.0 Å². The number of aryl methyl sites for hydroxylation is 1. The molecular weight excluding hydrogens is 303 g/mol. The maximum atomic E-state index is 13.2. The van der Waals surface area contributed by atoms with Crippen LogP contribution in [-0.2, 0) is 6.42 Å². The fraction of sp³-hybridized carbons (Fsp3) is 0.632. The van der Waals surface area contributed by atoms with Crippen molar-refractivity contribution in [3.63, 3.8) is 0 Å². The van der Waals surface area contributed by atoms with E-state index in [-0.39, 0.29) is 5.82 Å². The molecule has 0 saturated heterocycles. The molecule has 1 atom stereocenters. The molecule has 1 aromatic carbocycles. The summed E-state index contributed by atoms with van der Waals surface area (Å²) in [6.45, 7) is 8.67. The molecule has 134 valence electrons. The van der Waals surface area contributed by atoms with Crippen molar-refractivity contribution in [1.29, 1.82) is 0 Å². The van der Waals surface area contributed by atoms with E-state index < -0.39 is 0 Å². The SMILES string of the molecule is CCNC(=NCC(C)N(C)C1CC1)NCCc1ccc(F)cc1C. The average Bonchev–Trinajstić information content (AvgIpc) is 3.38. The molecule has 0 aromatic heterocycles. The zero-order valence-electron chi connectivity index (χ0n) is 15.4. The van der Waals surface area contributed by atoms with Crippen LogP contribution in [-0.4, -0.2) is 49.6 Å². The summed E-state index contributed by atoms with van der Waals surface area (Å²) in [7, 11) is 2.19. The van der Waals surface area contributed by atoms with Gasteiger partial charge in [-0.2, -0.15) is 0 Å².